The molecule has 2 aromatic carbocycles. The number of anilines is 1. The summed E-state index contributed by atoms with van der Waals surface area (Å²) in [7, 11) is -3.55. The molecular formula is C24H25N3O6S. The molecule has 0 unspecified atom stereocenters. The van der Waals surface area contributed by atoms with E-state index in [0.717, 1.165) is 19.3 Å². The molecule has 0 radical (unpaired) electrons. The van der Waals surface area contributed by atoms with Crippen molar-refractivity contribution >= 4 is 27.6 Å². The largest absolute Gasteiger partial charge is 0.452 e. The molecule has 0 atom stereocenters. The Morgan fingerprint density at radius 3 is 2.38 bits per heavy atom. The average Bonchev–Trinajstić information content (AvgIpc) is 3.25. The van der Waals surface area contributed by atoms with E-state index >= 15 is 0 Å². The first-order chi connectivity index (χ1) is 16.4. The lowest BCUT2D eigenvalue weighted by molar-refractivity contribution is -0.119. The van der Waals surface area contributed by atoms with Crippen molar-refractivity contribution < 1.29 is 27.3 Å². The van der Waals surface area contributed by atoms with Gasteiger partial charge in [0.25, 0.3) is 5.91 Å². The molecule has 1 aliphatic rings. The van der Waals surface area contributed by atoms with Crippen molar-refractivity contribution in [1.29, 1.82) is 0 Å². The first-order valence-corrected chi connectivity index (χ1v) is 12.4. The van der Waals surface area contributed by atoms with Gasteiger partial charge in [0.05, 0.1) is 4.90 Å². The van der Waals surface area contributed by atoms with Gasteiger partial charge in [-0.05, 0) is 44.0 Å². The number of esters is 1. The molecule has 1 aliphatic heterocycles. The summed E-state index contributed by atoms with van der Waals surface area (Å²) in [5.74, 6) is -0.999. The van der Waals surface area contributed by atoms with Crippen LogP contribution in [0.3, 0.4) is 0 Å². The number of aryl methyl sites for hydroxylation is 1. The third-order valence-electron chi connectivity index (χ3n) is 5.54. The molecule has 2 heterocycles. The van der Waals surface area contributed by atoms with Crippen LogP contribution in [0.15, 0.2) is 64.0 Å². The summed E-state index contributed by atoms with van der Waals surface area (Å²) < 4.78 is 37.3. The third kappa shape index (κ3) is 5.18. The van der Waals surface area contributed by atoms with Crippen molar-refractivity contribution in [3.8, 4) is 11.3 Å². The number of hydrogen-bond acceptors (Lipinski definition) is 7. The predicted octanol–water partition coefficient (Wildman–Crippen LogP) is 3.62. The van der Waals surface area contributed by atoms with Crippen LogP contribution in [0.2, 0.25) is 0 Å². The lowest BCUT2D eigenvalue weighted by Crippen LogP contribution is -2.35. The summed E-state index contributed by atoms with van der Waals surface area (Å²) in [6.45, 7) is 2.11. The van der Waals surface area contributed by atoms with Crippen molar-refractivity contribution in [2.75, 3.05) is 25.0 Å². The number of ether oxygens (including phenoxy) is 1. The maximum Gasteiger partial charge on any atom is 0.344 e. The number of amides is 1. The van der Waals surface area contributed by atoms with Gasteiger partial charge in [-0.3, -0.25) is 4.79 Å². The van der Waals surface area contributed by atoms with Crippen LogP contribution < -0.4 is 5.32 Å². The summed E-state index contributed by atoms with van der Waals surface area (Å²) in [6, 6.07) is 15.0. The van der Waals surface area contributed by atoms with Gasteiger partial charge in [0.2, 0.25) is 10.0 Å². The molecule has 3 aromatic rings. The zero-order chi connectivity index (χ0) is 24.1. The minimum absolute atomic E-state index is 0.159. The van der Waals surface area contributed by atoms with Crippen LogP contribution in [-0.4, -0.2) is 49.5 Å². The van der Waals surface area contributed by atoms with Gasteiger partial charge < -0.3 is 14.6 Å². The van der Waals surface area contributed by atoms with E-state index in [-0.39, 0.29) is 16.2 Å². The minimum atomic E-state index is -3.55. The van der Waals surface area contributed by atoms with E-state index in [1.807, 2.05) is 18.2 Å². The van der Waals surface area contributed by atoms with E-state index in [1.54, 1.807) is 19.1 Å². The number of aromatic nitrogens is 1. The molecular weight excluding hydrogens is 458 g/mol. The Bertz CT molecular complexity index is 1260. The third-order valence-corrected chi connectivity index (χ3v) is 7.45. The molecule has 0 bridgehead atoms. The van der Waals surface area contributed by atoms with Crippen LogP contribution in [0, 0.1) is 6.92 Å². The number of sulfonamides is 1. The number of benzene rings is 2. The van der Waals surface area contributed by atoms with Crippen molar-refractivity contribution in [2.45, 2.75) is 31.1 Å². The van der Waals surface area contributed by atoms with Crippen LogP contribution in [0.5, 0.6) is 0 Å². The van der Waals surface area contributed by atoms with Crippen LogP contribution in [0.1, 0.15) is 35.4 Å². The molecule has 1 aromatic heterocycles. The SMILES string of the molecule is Cc1onc(-c2ccccc2)c1C(=O)OCC(=O)Nc1ccc(S(=O)(=O)N2CCCCC2)cc1. The van der Waals surface area contributed by atoms with Gasteiger partial charge in [0.15, 0.2) is 6.61 Å². The van der Waals surface area contributed by atoms with Gasteiger partial charge in [-0.15, -0.1) is 0 Å². The van der Waals surface area contributed by atoms with E-state index in [4.69, 9.17) is 9.26 Å². The Morgan fingerprint density at radius 1 is 1.03 bits per heavy atom. The van der Waals surface area contributed by atoms with Crippen LogP contribution >= 0.6 is 0 Å². The highest BCUT2D eigenvalue weighted by atomic mass is 32.2. The number of nitrogens with one attached hydrogen (secondary N) is 1. The lowest BCUT2D eigenvalue weighted by atomic mass is 10.1. The lowest BCUT2D eigenvalue weighted by Gasteiger charge is -2.25. The molecule has 0 aliphatic carbocycles. The van der Waals surface area contributed by atoms with Crippen molar-refractivity contribution in [1.82, 2.24) is 9.46 Å². The van der Waals surface area contributed by atoms with E-state index in [1.165, 1.54) is 28.6 Å². The normalized spacial score (nSPS) is 14.5. The van der Waals surface area contributed by atoms with Gasteiger partial charge in [-0.25, -0.2) is 13.2 Å². The Morgan fingerprint density at radius 2 is 1.71 bits per heavy atom. The van der Waals surface area contributed by atoms with Crippen LogP contribution in [0.25, 0.3) is 11.3 Å². The molecule has 9 nitrogen and oxygen atoms in total. The Balaban J connectivity index is 1.36. The van der Waals surface area contributed by atoms with Gasteiger partial charge in [0, 0.05) is 24.3 Å². The molecule has 0 saturated carbocycles. The number of carbonyl (C=O) groups excluding carboxylic acids is 2. The van der Waals surface area contributed by atoms with Gasteiger partial charge in [-0.2, -0.15) is 4.31 Å². The van der Waals surface area contributed by atoms with Gasteiger partial charge in [-0.1, -0.05) is 41.9 Å². The number of nitrogens with zero attached hydrogens (tertiary/aromatic N) is 2. The first kappa shape index (κ1) is 23.7. The number of piperidine rings is 1. The van der Waals surface area contributed by atoms with Crippen molar-refractivity contribution in [2.24, 2.45) is 0 Å². The molecule has 4 rings (SSSR count). The monoisotopic (exact) mass is 483 g/mol. The second-order valence-electron chi connectivity index (χ2n) is 7.94. The van der Waals surface area contributed by atoms with E-state index in [2.05, 4.69) is 10.5 Å². The van der Waals surface area contributed by atoms with Crippen LogP contribution in [0.4, 0.5) is 5.69 Å². The maximum absolute atomic E-state index is 12.7. The Kier molecular flexibility index (Phi) is 7.09. The molecule has 1 amide bonds. The highest BCUT2D eigenvalue weighted by molar-refractivity contribution is 7.89. The molecule has 34 heavy (non-hydrogen) atoms. The Labute approximate surface area is 197 Å². The molecule has 1 fully saturated rings. The first-order valence-electron chi connectivity index (χ1n) is 10.9. The number of hydrogen-bond donors (Lipinski definition) is 1. The summed E-state index contributed by atoms with van der Waals surface area (Å²) in [6.07, 6.45) is 2.74. The molecule has 10 heteroatoms. The molecule has 1 N–H and O–H groups in total. The predicted molar refractivity (Wildman–Crippen MR) is 125 cm³/mol. The zero-order valence-corrected chi connectivity index (χ0v) is 19.5. The summed E-state index contributed by atoms with van der Waals surface area (Å²) in [5, 5.41) is 6.53. The second-order valence-corrected chi connectivity index (χ2v) is 9.88. The topological polar surface area (TPSA) is 119 Å². The fraction of sp³-hybridized carbons (Fsp3) is 0.292. The summed E-state index contributed by atoms with van der Waals surface area (Å²) >= 11 is 0. The molecule has 1 saturated heterocycles. The Hall–Kier alpha value is -3.50. The summed E-state index contributed by atoms with van der Waals surface area (Å²) in [5.41, 5.74) is 1.58. The number of carbonyl (C=O) groups is 2. The van der Waals surface area contributed by atoms with E-state index < -0.39 is 28.5 Å². The standard InChI is InChI=1S/C24H25N3O6S/c1-17-22(23(26-33-17)18-8-4-2-5-9-18)24(29)32-16-21(28)25-19-10-12-20(13-11-19)34(30,31)27-14-6-3-7-15-27/h2,4-5,8-13H,3,6-7,14-16H2,1H3,(H,25,28). The molecule has 178 valence electrons. The van der Waals surface area contributed by atoms with E-state index in [0.29, 0.717) is 30.0 Å². The number of rotatable bonds is 7. The molecule has 0 spiro atoms. The van der Waals surface area contributed by atoms with Gasteiger partial charge in [0.1, 0.15) is 17.0 Å². The fourth-order valence-electron chi connectivity index (χ4n) is 3.77. The van der Waals surface area contributed by atoms with E-state index in [9.17, 15) is 18.0 Å². The zero-order valence-electron chi connectivity index (χ0n) is 18.7. The quantitative estimate of drug-likeness (QED) is 0.510. The van der Waals surface area contributed by atoms with Crippen molar-refractivity contribution in [3.63, 3.8) is 0 Å². The van der Waals surface area contributed by atoms with Crippen molar-refractivity contribution in [3.05, 3.63) is 65.9 Å². The second kappa shape index (κ2) is 10.2. The fourth-order valence-corrected chi connectivity index (χ4v) is 5.29. The summed E-state index contributed by atoms with van der Waals surface area (Å²) in [4.78, 5) is 25.1. The maximum atomic E-state index is 12.7. The van der Waals surface area contributed by atoms with Crippen LogP contribution in [-0.2, 0) is 19.6 Å². The van der Waals surface area contributed by atoms with Gasteiger partial charge >= 0.3 is 5.97 Å². The average molecular weight is 484 g/mol. The highest BCUT2D eigenvalue weighted by Gasteiger charge is 2.26. The highest BCUT2D eigenvalue weighted by Crippen LogP contribution is 2.26. The smallest absolute Gasteiger partial charge is 0.344 e. The minimum Gasteiger partial charge on any atom is -0.452 e.